The van der Waals surface area contributed by atoms with Crippen LogP contribution >= 0.6 is 0 Å². The Morgan fingerprint density at radius 3 is 2.67 bits per heavy atom. The van der Waals surface area contributed by atoms with Gasteiger partial charge in [0.2, 0.25) is 0 Å². The Morgan fingerprint density at radius 1 is 1.50 bits per heavy atom. The van der Waals surface area contributed by atoms with E-state index in [0.717, 1.165) is 18.7 Å². The largest absolute Gasteiger partial charge is 0.398 e. The van der Waals surface area contributed by atoms with Crippen LogP contribution in [0, 0.1) is 0 Å². The maximum absolute atomic E-state index is 11.2. The first-order chi connectivity index (χ1) is 8.41. The van der Waals surface area contributed by atoms with E-state index in [1.807, 2.05) is 13.0 Å². The molecule has 0 bridgehead atoms. The summed E-state index contributed by atoms with van der Waals surface area (Å²) in [6, 6.07) is 5.31. The second kappa shape index (κ2) is 6.54. The number of carbonyl (C=O) groups excluding carboxylic acids is 1. The highest BCUT2D eigenvalue weighted by atomic mass is 32.2. The Bertz CT molecular complexity index is 460. The van der Waals surface area contributed by atoms with Crippen molar-refractivity contribution in [2.24, 2.45) is 0 Å². The molecule has 0 aliphatic rings. The number of nitrogen functional groups attached to an aromatic ring is 1. The van der Waals surface area contributed by atoms with Crippen LogP contribution in [0.5, 0.6) is 0 Å². The summed E-state index contributed by atoms with van der Waals surface area (Å²) in [7, 11) is -0.792. The van der Waals surface area contributed by atoms with Gasteiger partial charge in [0.25, 0.3) is 0 Å². The molecular weight excluding hydrogens is 248 g/mol. The summed E-state index contributed by atoms with van der Waals surface area (Å²) in [5.41, 5.74) is 7.70. The van der Waals surface area contributed by atoms with E-state index >= 15 is 0 Å². The molecule has 3 N–H and O–H groups in total. The fourth-order valence-electron chi connectivity index (χ4n) is 1.58. The van der Waals surface area contributed by atoms with E-state index < -0.39 is 10.8 Å². The Morgan fingerprint density at radius 2 is 2.17 bits per heavy atom. The fraction of sp³-hybridized carbons (Fsp3) is 0.462. The third kappa shape index (κ3) is 4.14. The second-order valence-electron chi connectivity index (χ2n) is 4.38. The van der Waals surface area contributed by atoms with Gasteiger partial charge in [0.15, 0.2) is 5.78 Å². The Balaban J connectivity index is 2.56. The molecular formula is C13H20N2O2S. The van der Waals surface area contributed by atoms with Crippen molar-refractivity contribution in [2.75, 3.05) is 23.9 Å². The van der Waals surface area contributed by atoms with Gasteiger partial charge < -0.3 is 11.1 Å². The molecule has 0 aromatic heterocycles. The molecule has 4 nitrogen and oxygen atoms in total. The SMILES string of the molecule is CC(=O)c1ccc(NCCC(C)S(C)=O)cc1N. The lowest BCUT2D eigenvalue weighted by Gasteiger charge is -2.11. The van der Waals surface area contributed by atoms with Gasteiger partial charge in [-0.1, -0.05) is 6.92 Å². The number of carbonyl (C=O) groups is 1. The summed E-state index contributed by atoms with van der Waals surface area (Å²) in [5, 5.41) is 3.38. The van der Waals surface area contributed by atoms with Crippen molar-refractivity contribution in [3.8, 4) is 0 Å². The molecule has 0 saturated carbocycles. The molecule has 0 amide bonds. The molecule has 0 heterocycles. The van der Waals surface area contributed by atoms with E-state index in [2.05, 4.69) is 5.32 Å². The van der Waals surface area contributed by atoms with Crippen LogP contribution in [-0.2, 0) is 10.8 Å². The van der Waals surface area contributed by atoms with Gasteiger partial charge in [-0.15, -0.1) is 0 Å². The second-order valence-corrected chi connectivity index (χ2v) is 6.18. The van der Waals surface area contributed by atoms with E-state index in [0.29, 0.717) is 11.3 Å². The highest BCUT2D eigenvalue weighted by Gasteiger charge is 2.07. The minimum absolute atomic E-state index is 0.0333. The number of rotatable bonds is 6. The zero-order chi connectivity index (χ0) is 13.7. The number of nitrogens with one attached hydrogen (secondary N) is 1. The van der Waals surface area contributed by atoms with Crippen molar-refractivity contribution in [1.29, 1.82) is 0 Å². The lowest BCUT2D eigenvalue weighted by Crippen LogP contribution is -2.15. The fourth-order valence-corrected chi connectivity index (χ4v) is 2.03. The van der Waals surface area contributed by atoms with Crippen molar-refractivity contribution in [3.63, 3.8) is 0 Å². The number of hydrogen-bond acceptors (Lipinski definition) is 4. The standard InChI is InChI=1S/C13H20N2O2S/c1-9(18(3)17)6-7-15-11-4-5-12(10(2)16)13(14)8-11/h4-5,8-9,15H,6-7,14H2,1-3H3. The first kappa shape index (κ1) is 14.7. The quantitative estimate of drug-likeness (QED) is 0.612. The van der Waals surface area contributed by atoms with E-state index in [4.69, 9.17) is 5.73 Å². The summed E-state index contributed by atoms with van der Waals surface area (Å²) in [4.78, 5) is 11.2. The lowest BCUT2D eigenvalue weighted by atomic mass is 10.1. The molecule has 0 radical (unpaired) electrons. The van der Waals surface area contributed by atoms with Gasteiger partial charge >= 0.3 is 0 Å². The van der Waals surface area contributed by atoms with Gasteiger partial charge in [0.05, 0.1) is 0 Å². The Hall–Kier alpha value is -1.36. The van der Waals surface area contributed by atoms with E-state index in [1.54, 1.807) is 18.4 Å². The third-order valence-electron chi connectivity index (χ3n) is 2.88. The average molecular weight is 268 g/mol. The third-order valence-corrected chi connectivity index (χ3v) is 4.25. The summed E-state index contributed by atoms with van der Waals surface area (Å²) in [6.07, 6.45) is 2.54. The van der Waals surface area contributed by atoms with E-state index in [-0.39, 0.29) is 11.0 Å². The number of nitrogens with two attached hydrogens (primary N) is 1. The molecule has 2 unspecified atom stereocenters. The molecule has 5 heteroatoms. The minimum atomic E-state index is -0.792. The molecule has 100 valence electrons. The number of anilines is 2. The predicted octanol–water partition coefficient (Wildman–Crippen LogP) is 2.04. The van der Waals surface area contributed by atoms with Crippen LogP contribution in [-0.4, -0.2) is 28.0 Å². The van der Waals surface area contributed by atoms with Gasteiger partial charge in [-0.25, -0.2) is 0 Å². The first-order valence-electron chi connectivity index (χ1n) is 5.88. The number of Topliss-reactive ketones (excluding diaryl/α,β-unsaturated/α-hetero) is 1. The number of benzene rings is 1. The zero-order valence-corrected chi connectivity index (χ0v) is 11.8. The molecule has 1 aromatic rings. The van der Waals surface area contributed by atoms with Gasteiger partial charge in [-0.2, -0.15) is 0 Å². The van der Waals surface area contributed by atoms with Crippen molar-refractivity contribution in [1.82, 2.24) is 0 Å². The van der Waals surface area contributed by atoms with Crippen molar-refractivity contribution in [3.05, 3.63) is 23.8 Å². The number of hydrogen-bond donors (Lipinski definition) is 2. The zero-order valence-electron chi connectivity index (χ0n) is 11.0. The highest BCUT2D eigenvalue weighted by molar-refractivity contribution is 7.84. The van der Waals surface area contributed by atoms with E-state index in [1.165, 1.54) is 6.92 Å². The molecule has 0 spiro atoms. The van der Waals surface area contributed by atoms with Crippen LogP contribution < -0.4 is 11.1 Å². The Labute approximate surface area is 110 Å². The molecule has 0 aliphatic heterocycles. The van der Waals surface area contributed by atoms with Crippen LogP contribution in [0.2, 0.25) is 0 Å². The van der Waals surface area contributed by atoms with Gasteiger partial charge in [-0.3, -0.25) is 9.00 Å². The van der Waals surface area contributed by atoms with Crippen molar-refractivity contribution < 1.29 is 9.00 Å². The van der Waals surface area contributed by atoms with Crippen LogP contribution in [0.15, 0.2) is 18.2 Å². The molecule has 18 heavy (non-hydrogen) atoms. The topological polar surface area (TPSA) is 72.2 Å². The summed E-state index contributed by atoms with van der Waals surface area (Å²) >= 11 is 0. The monoisotopic (exact) mass is 268 g/mol. The maximum Gasteiger partial charge on any atom is 0.161 e. The number of ketones is 1. The van der Waals surface area contributed by atoms with Crippen molar-refractivity contribution >= 4 is 28.0 Å². The molecule has 1 rings (SSSR count). The maximum atomic E-state index is 11.2. The van der Waals surface area contributed by atoms with Gasteiger partial charge in [-0.05, 0) is 31.5 Å². The molecule has 0 fully saturated rings. The minimum Gasteiger partial charge on any atom is -0.398 e. The molecule has 2 atom stereocenters. The highest BCUT2D eigenvalue weighted by Crippen LogP contribution is 2.18. The normalized spacial score (nSPS) is 13.9. The van der Waals surface area contributed by atoms with Crippen molar-refractivity contribution in [2.45, 2.75) is 25.5 Å². The van der Waals surface area contributed by atoms with Crippen LogP contribution in [0.4, 0.5) is 11.4 Å². The summed E-state index contributed by atoms with van der Waals surface area (Å²) in [6.45, 7) is 4.20. The lowest BCUT2D eigenvalue weighted by molar-refractivity contribution is 0.101. The molecule has 1 aromatic carbocycles. The molecule has 0 aliphatic carbocycles. The first-order valence-corrected chi connectivity index (χ1v) is 7.50. The smallest absolute Gasteiger partial charge is 0.161 e. The predicted molar refractivity (Wildman–Crippen MR) is 77.5 cm³/mol. The van der Waals surface area contributed by atoms with Gasteiger partial charge in [0, 0.05) is 45.8 Å². The van der Waals surface area contributed by atoms with Crippen LogP contribution in [0.3, 0.4) is 0 Å². The average Bonchev–Trinajstić information content (AvgIpc) is 2.28. The molecule has 0 saturated heterocycles. The summed E-state index contributed by atoms with van der Waals surface area (Å²) in [5.74, 6) is -0.0333. The van der Waals surface area contributed by atoms with Gasteiger partial charge in [0.1, 0.15) is 0 Å². The van der Waals surface area contributed by atoms with Crippen LogP contribution in [0.1, 0.15) is 30.6 Å². The van der Waals surface area contributed by atoms with E-state index in [9.17, 15) is 9.00 Å². The van der Waals surface area contributed by atoms with Crippen LogP contribution in [0.25, 0.3) is 0 Å². The summed E-state index contributed by atoms with van der Waals surface area (Å²) < 4.78 is 11.2. The Kier molecular flexibility index (Phi) is 5.34.